The number of carbonyl (C=O) groups is 3. The van der Waals surface area contributed by atoms with Gasteiger partial charge in [-0.2, -0.15) is 0 Å². The van der Waals surface area contributed by atoms with Crippen molar-refractivity contribution in [1.29, 1.82) is 0 Å². The summed E-state index contributed by atoms with van der Waals surface area (Å²) in [5.74, 6) is 0.219. The van der Waals surface area contributed by atoms with Gasteiger partial charge in [-0.1, -0.05) is 0 Å². The van der Waals surface area contributed by atoms with Gasteiger partial charge in [-0.15, -0.1) is 0 Å². The van der Waals surface area contributed by atoms with Crippen LogP contribution in [0.3, 0.4) is 0 Å². The fraction of sp³-hybridized carbons (Fsp3) is 0.696. The van der Waals surface area contributed by atoms with E-state index in [0.717, 1.165) is 5.56 Å². The molecule has 1 aromatic heterocycles. The Balaban J connectivity index is 1.94. The molecule has 9 nitrogen and oxygen atoms in total. The number of carbonyl (C=O) groups excluding carboxylic acids is 3. The zero-order valence-electron chi connectivity index (χ0n) is 20.0. The molecule has 0 bridgehead atoms. The first-order valence-electron chi connectivity index (χ1n) is 11.2. The Morgan fingerprint density at radius 3 is 2.53 bits per heavy atom. The molecule has 32 heavy (non-hydrogen) atoms. The van der Waals surface area contributed by atoms with Gasteiger partial charge in [-0.05, 0) is 72.3 Å². The van der Waals surface area contributed by atoms with Crippen LogP contribution in [0.25, 0.3) is 0 Å². The highest BCUT2D eigenvalue weighted by molar-refractivity contribution is 5.88. The van der Waals surface area contributed by atoms with Crippen molar-refractivity contribution < 1.29 is 23.9 Å². The van der Waals surface area contributed by atoms with Crippen LogP contribution in [0.2, 0.25) is 0 Å². The maximum absolute atomic E-state index is 12.8. The van der Waals surface area contributed by atoms with E-state index in [9.17, 15) is 14.4 Å². The second-order valence-corrected chi connectivity index (χ2v) is 9.23. The summed E-state index contributed by atoms with van der Waals surface area (Å²) in [5.41, 5.74) is 0.263. The minimum absolute atomic E-state index is 0.00801. The lowest BCUT2D eigenvalue weighted by atomic mass is 9.93. The summed E-state index contributed by atoms with van der Waals surface area (Å²) in [6, 6.07) is -0.575. The van der Waals surface area contributed by atoms with Crippen LogP contribution in [0, 0.1) is 6.92 Å². The first-order valence-corrected chi connectivity index (χ1v) is 11.2. The number of amides is 2. The Hall–Kier alpha value is -2.71. The van der Waals surface area contributed by atoms with Crippen LogP contribution in [0.15, 0.2) is 12.4 Å². The van der Waals surface area contributed by atoms with Crippen molar-refractivity contribution in [1.82, 2.24) is 20.2 Å². The van der Waals surface area contributed by atoms with Crippen molar-refractivity contribution in [2.24, 2.45) is 0 Å². The topological polar surface area (TPSA) is 111 Å². The number of hydrogen-bond donors (Lipinski definition) is 1. The molecule has 0 radical (unpaired) electrons. The standard InChI is InChI=1S/C23H36N4O5/c1-7-31-20(28)12-17(18-13-24-16(3)25-14-18)9-8-10-27-15(2)11-19(21(27)29)26-22(30)32-23(4,5)6/h13-15,17,19H,7-12H2,1-6H3,(H,26,30)/t15-,17+,19+/m1/s1. The zero-order chi connectivity index (χ0) is 23.9. The highest BCUT2D eigenvalue weighted by Crippen LogP contribution is 2.27. The molecule has 9 heteroatoms. The zero-order valence-corrected chi connectivity index (χ0v) is 20.0. The van der Waals surface area contributed by atoms with Gasteiger partial charge in [-0.3, -0.25) is 9.59 Å². The third-order valence-corrected chi connectivity index (χ3v) is 5.32. The summed E-state index contributed by atoms with van der Waals surface area (Å²) in [5, 5.41) is 2.69. The summed E-state index contributed by atoms with van der Waals surface area (Å²) in [7, 11) is 0. The van der Waals surface area contributed by atoms with Crippen molar-refractivity contribution >= 4 is 18.0 Å². The van der Waals surface area contributed by atoms with Gasteiger partial charge in [0.2, 0.25) is 5.91 Å². The number of hydrogen-bond acceptors (Lipinski definition) is 7. The van der Waals surface area contributed by atoms with Crippen LogP contribution in [-0.4, -0.2) is 63.7 Å². The van der Waals surface area contributed by atoms with E-state index in [1.807, 2.05) is 13.8 Å². The second-order valence-electron chi connectivity index (χ2n) is 9.23. The van der Waals surface area contributed by atoms with Crippen LogP contribution in [0.1, 0.15) is 77.6 Å². The molecule has 0 saturated carbocycles. The summed E-state index contributed by atoms with van der Waals surface area (Å²) in [6.45, 7) is 11.8. The third-order valence-electron chi connectivity index (χ3n) is 5.32. The minimum atomic E-state index is -0.620. The number of alkyl carbamates (subject to hydrolysis) is 1. The molecule has 178 valence electrons. The molecule has 0 spiro atoms. The molecule has 0 aromatic carbocycles. The Labute approximate surface area is 190 Å². The molecule has 2 heterocycles. The number of ether oxygens (including phenoxy) is 2. The van der Waals surface area contributed by atoms with Crippen LogP contribution in [0.5, 0.6) is 0 Å². The van der Waals surface area contributed by atoms with Crippen LogP contribution >= 0.6 is 0 Å². The average molecular weight is 449 g/mol. The van der Waals surface area contributed by atoms with Gasteiger partial charge in [0.25, 0.3) is 0 Å². The molecule has 0 aliphatic carbocycles. The van der Waals surface area contributed by atoms with Gasteiger partial charge >= 0.3 is 12.1 Å². The molecule has 3 atom stereocenters. The molecule has 1 fully saturated rings. The fourth-order valence-electron chi connectivity index (χ4n) is 3.82. The molecule has 1 N–H and O–H groups in total. The number of aryl methyl sites for hydroxylation is 1. The molecule has 1 aliphatic heterocycles. The van der Waals surface area contributed by atoms with Gasteiger partial charge in [0.05, 0.1) is 13.0 Å². The van der Waals surface area contributed by atoms with E-state index in [-0.39, 0.29) is 30.3 Å². The van der Waals surface area contributed by atoms with Crippen LogP contribution in [-0.2, 0) is 19.1 Å². The average Bonchev–Trinajstić information content (AvgIpc) is 2.93. The van der Waals surface area contributed by atoms with E-state index in [1.165, 1.54) is 0 Å². The summed E-state index contributed by atoms with van der Waals surface area (Å²) >= 11 is 0. The van der Waals surface area contributed by atoms with Gasteiger partial charge in [-0.25, -0.2) is 14.8 Å². The smallest absolute Gasteiger partial charge is 0.408 e. The first kappa shape index (κ1) is 25.5. The van der Waals surface area contributed by atoms with E-state index in [4.69, 9.17) is 9.47 Å². The van der Waals surface area contributed by atoms with Crippen molar-refractivity contribution in [3.8, 4) is 0 Å². The minimum Gasteiger partial charge on any atom is -0.466 e. The van der Waals surface area contributed by atoms with E-state index in [2.05, 4.69) is 15.3 Å². The molecule has 0 unspecified atom stereocenters. The second kappa shape index (κ2) is 11.2. The van der Waals surface area contributed by atoms with Gasteiger partial charge in [0, 0.05) is 25.0 Å². The number of nitrogens with zero attached hydrogens (tertiary/aromatic N) is 3. The maximum atomic E-state index is 12.8. The van der Waals surface area contributed by atoms with Crippen LogP contribution in [0.4, 0.5) is 4.79 Å². The highest BCUT2D eigenvalue weighted by atomic mass is 16.6. The molecule has 1 aromatic rings. The summed E-state index contributed by atoms with van der Waals surface area (Å²) in [4.78, 5) is 47.2. The van der Waals surface area contributed by atoms with Gasteiger partial charge in [0.15, 0.2) is 0 Å². The molecule has 2 rings (SSSR count). The quantitative estimate of drug-likeness (QED) is 0.578. The predicted octanol–water partition coefficient (Wildman–Crippen LogP) is 3.12. The van der Waals surface area contributed by atoms with Gasteiger partial charge < -0.3 is 19.7 Å². The van der Waals surface area contributed by atoms with Crippen molar-refractivity contribution in [3.63, 3.8) is 0 Å². The number of esters is 1. The predicted molar refractivity (Wildman–Crippen MR) is 119 cm³/mol. The molecular weight excluding hydrogens is 412 g/mol. The lowest BCUT2D eigenvalue weighted by molar-refractivity contribution is -0.143. The van der Waals surface area contributed by atoms with E-state index >= 15 is 0 Å². The summed E-state index contributed by atoms with van der Waals surface area (Å²) in [6.07, 6.45) is 5.08. The molecular formula is C23H36N4O5. The number of aromatic nitrogens is 2. The third kappa shape index (κ3) is 7.76. The number of nitrogens with one attached hydrogen (secondary N) is 1. The van der Waals surface area contributed by atoms with Crippen molar-refractivity contribution in [2.45, 2.75) is 90.8 Å². The van der Waals surface area contributed by atoms with Crippen LogP contribution < -0.4 is 5.32 Å². The normalized spacial score (nSPS) is 19.6. The monoisotopic (exact) mass is 448 g/mol. The largest absolute Gasteiger partial charge is 0.466 e. The number of rotatable bonds is 9. The highest BCUT2D eigenvalue weighted by Gasteiger charge is 2.38. The fourth-order valence-corrected chi connectivity index (χ4v) is 3.82. The lowest BCUT2D eigenvalue weighted by Gasteiger charge is -2.23. The maximum Gasteiger partial charge on any atom is 0.408 e. The number of likely N-dealkylation sites (tertiary alicyclic amines) is 1. The summed E-state index contributed by atoms with van der Waals surface area (Å²) < 4.78 is 10.4. The molecule has 2 amide bonds. The van der Waals surface area contributed by atoms with Gasteiger partial charge in [0.1, 0.15) is 17.5 Å². The Morgan fingerprint density at radius 2 is 1.94 bits per heavy atom. The lowest BCUT2D eigenvalue weighted by Crippen LogP contribution is -2.44. The van der Waals surface area contributed by atoms with E-state index in [1.54, 1.807) is 45.0 Å². The molecule has 1 aliphatic rings. The Morgan fingerprint density at radius 1 is 1.28 bits per heavy atom. The first-order chi connectivity index (χ1) is 15.0. The van der Waals surface area contributed by atoms with Crippen molar-refractivity contribution in [2.75, 3.05) is 13.2 Å². The Bertz CT molecular complexity index is 791. The SMILES string of the molecule is CCOC(=O)C[C@H](CCCN1C(=O)[C@@H](NC(=O)OC(C)(C)C)C[C@H]1C)c1cnc(C)nc1. The Kier molecular flexibility index (Phi) is 8.98. The van der Waals surface area contributed by atoms with E-state index < -0.39 is 17.7 Å². The van der Waals surface area contributed by atoms with Crippen molar-refractivity contribution in [3.05, 3.63) is 23.8 Å². The molecule has 1 saturated heterocycles. The van der Waals surface area contributed by atoms with E-state index in [0.29, 0.717) is 38.2 Å².